The van der Waals surface area contributed by atoms with Gasteiger partial charge in [0, 0.05) is 23.9 Å². The summed E-state index contributed by atoms with van der Waals surface area (Å²) in [6, 6.07) is 17.9. The molecular formula is C29H30ClN3O4. The van der Waals surface area contributed by atoms with Gasteiger partial charge in [-0.1, -0.05) is 54.1 Å². The minimum Gasteiger partial charge on any atom is -0.489 e. The summed E-state index contributed by atoms with van der Waals surface area (Å²) < 4.78 is 19.2. The Hall–Kier alpha value is -3.42. The van der Waals surface area contributed by atoms with Gasteiger partial charge in [0.25, 0.3) is 0 Å². The predicted molar refractivity (Wildman–Crippen MR) is 142 cm³/mol. The van der Waals surface area contributed by atoms with Crippen molar-refractivity contribution in [3.05, 3.63) is 83.5 Å². The molecule has 0 atom stereocenters. The van der Waals surface area contributed by atoms with E-state index in [-0.39, 0.29) is 24.6 Å². The lowest BCUT2D eigenvalue weighted by molar-refractivity contribution is -0.164. The first-order valence-electron chi connectivity index (χ1n) is 12.4. The zero-order chi connectivity index (χ0) is 26.0. The number of nitrogens with zero attached hydrogens (tertiary/aromatic N) is 3. The van der Waals surface area contributed by atoms with Crippen LogP contribution in [-0.4, -0.2) is 38.6 Å². The van der Waals surface area contributed by atoms with E-state index in [4.69, 9.17) is 30.8 Å². The number of rotatable bonds is 8. The molecule has 2 aromatic carbocycles. The Kier molecular flexibility index (Phi) is 7.17. The van der Waals surface area contributed by atoms with Crippen LogP contribution in [0.25, 0.3) is 16.8 Å². The van der Waals surface area contributed by atoms with Crippen LogP contribution in [0.3, 0.4) is 0 Å². The van der Waals surface area contributed by atoms with E-state index in [0.717, 1.165) is 46.8 Å². The maximum absolute atomic E-state index is 12.0. The van der Waals surface area contributed by atoms with Crippen molar-refractivity contribution in [3.63, 3.8) is 0 Å². The van der Waals surface area contributed by atoms with Crippen LogP contribution in [0.5, 0.6) is 5.75 Å². The first-order chi connectivity index (χ1) is 17.8. The normalized spacial score (nSPS) is 17.4. The summed E-state index contributed by atoms with van der Waals surface area (Å²) in [5.41, 5.74) is 3.00. The maximum atomic E-state index is 12.0. The summed E-state index contributed by atoms with van der Waals surface area (Å²) in [7, 11) is 0. The highest BCUT2D eigenvalue weighted by molar-refractivity contribution is 6.33. The van der Waals surface area contributed by atoms with Crippen molar-refractivity contribution in [2.45, 2.75) is 57.8 Å². The third-order valence-corrected chi connectivity index (χ3v) is 6.49. The van der Waals surface area contributed by atoms with Crippen molar-refractivity contribution >= 4 is 23.1 Å². The summed E-state index contributed by atoms with van der Waals surface area (Å²) in [6.07, 6.45) is 5.08. The van der Waals surface area contributed by atoms with Crippen molar-refractivity contribution < 1.29 is 19.0 Å². The zero-order valence-corrected chi connectivity index (χ0v) is 21.9. The number of fused-ring (bicyclic) bond motifs is 1. The molecular weight excluding hydrogens is 490 g/mol. The average molecular weight is 520 g/mol. The first kappa shape index (κ1) is 25.2. The van der Waals surface area contributed by atoms with Gasteiger partial charge in [0.1, 0.15) is 35.9 Å². The van der Waals surface area contributed by atoms with Crippen molar-refractivity contribution in [3.8, 4) is 17.0 Å². The van der Waals surface area contributed by atoms with Gasteiger partial charge in [-0.15, -0.1) is 0 Å². The van der Waals surface area contributed by atoms with Gasteiger partial charge in [-0.2, -0.15) is 0 Å². The van der Waals surface area contributed by atoms with Crippen LogP contribution in [0.2, 0.25) is 5.15 Å². The number of esters is 1. The summed E-state index contributed by atoms with van der Waals surface area (Å²) in [5.74, 6) is 1.49. The summed E-state index contributed by atoms with van der Waals surface area (Å²) in [5, 5.41) is 0.393. The number of hydrogen-bond donors (Lipinski definition) is 0. The molecule has 0 unspecified atom stereocenters. The van der Waals surface area contributed by atoms with Crippen LogP contribution >= 0.6 is 11.6 Å². The maximum Gasteiger partial charge on any atom is 0.332 e. The van der Waals surface area contributed by atoms with Gasteiger partial charge in [0.2, 0.25) is 0 Å². The minimum atomic E-state index is -0.523. The number of hydrogen-bond acceptors (Lipinski definition) is 6. The third kappa shape index (κ3) is 5.95. The van der Waals surface area contributed by atoms with E-state index < -0.39 is 5.60 Å². The molecule has 0 aliphatic heterocycles. The smallest absolute Gasteiger partial charge is 0.332 e. The lowest BCUT2D eigenvalue weighted by Gasteiger charge is -2.34. The molecule has 0 bridgehead atoms. The van der Waals surface area contributed by atoms with Crippen LogP contribution in [0, 0.1) is 0 Å². The second-order valence-electron chi connectivity index (χ2n) is 10.2. The van der Waals surface area contributed by atoms with Crippen molar-refractivity contribution in [1.29, 1.82) is 0 Å². The monoisotopic (exact) mass is 519 g/mol. The largest absolute Gasteiger partial charge is 0.489 e. The van der Waals surface area contributed by atoms with Gasteiger partial charge in [-0.05, 0) is 51.3 Å². The molecule has 2 aromatic heterocycles. The Morgan fingerprint density at radius 1 is 1.11 bits per heavy atom. The summed E-state index contributed by atoms with van der Waals surface area (Å²) >= 11 is 6.56. The second-order valence-corrected chi connectivity index (χ2v) is 10.6. The molecule has 0 amide bonds. The molecule has 0 radical (unpaired) electrons. The van der Waals surface area contributed by atoms with E-state index in [1.807, 2.05) is 86.0 Å². The van der Waals surface area contributed by atoms with Crippen LogP contribution < -0.4 is 4.74 Å². The number of halogens is 1. The predicted octanol–water partition coefficient (Wildman–Crippen LogP) is 6.23. The molecule has 192 valence electrons. The summed E-state index contributed by atoms with van der Waals surface area (Å²) in [6.45, 7) is 5.96. The first-order valence-corrected chi connectivity index (χ1v) is 12.8. The van der Waals surface area contributed by atoms with Crippen molar-refractivity contribution in [2.75, 3.05) is 6.61 Å². The number of carbonyl (C=O) groups is 1. The lowest BCUT2D eigenvalue weighted by atomic mass is 9.81. The Balaban J connectivity index is 1.32. The molecule has 2 heterocycles. The zero-order valence-electron chi connectivity index (χ0n) is 21.2. The number of aromatic nitrogens is 3. The highest BCUT2D eigenvalue weighted by atomic mass is 35.5. The van der Waals surface area contributed by atoms with E-state index in [0.29, 0.717) is 11.8 Å². The van der Waals surface area contributed by atoms with E-state index in [1.165, 1.54) is 0 Å². The highest BCUT2D eigenvalue weighted by Crippen LogP contribution is 2.41. The van der Waals surface area contributed by atoms with Gasteiger partial charge >= 0.3 is 5.97 Å². The second kappa shape index (κ2) is 10.5. The van der Waals surface area contributed by atoms with Gasteiger partial charge in [-0.3, -0.25) is 4.40 Å². The van der Waals surface area contributed by atoms with E-state index >= 15 is 0 Å². The standard InChI is InChI=1S/C29H30ClN3O4/c1-29(2,3)37-24(34)18-36-23-15-21(16-23)28-32-25(26-27(30)31-12-13-33(26)28)20-10-7-11-22(14-20)35-17-19-8-5-4-6-9-19/h4-14,21,23H,15-18H2,1-3H3. The molecule has 37 heavy (non-hydrogen) atoms. The number of imidazole rings is 1. The molecule has 0 N–H and O–H groups in total. The Morgan fingerprint density at radius 3 is 2.65 bits per heavy atom. The topological polar surface area (TPSA) is 75.0 Å². The number of ether oxygens (including phenoxy) is 3. The van der Waals surface area contributed by atoms with Gasteiger partial charge in [-0.25, -0.2) is 14.8 Å². The molecule has 5 rings (SSSR count). The number of benzene rings is 2. The molecule has 4 aromatic rings. The minimum absolute atomic E-state index is 0.0136. The quantitative estimate of drug-likeness (QED) is 0.257. The molecule has 0 saturated heterocycles. The fourth-order valence-electron chi connectivity index (χ4n) is 4.46. The number of carbonyl (C=O) groups excluding carboxylic acids is 1. The third-order valence-electron chi connectivity index (χ3n) is 6.21. The Morgan fingerprint density at radius 2 is 1.89 bits per heavy atom. The van der Waals surface area contributed by atoms with Gasteiger partial charge < -0.3 is 14.2 Å². The molecule has 1 fully saturated rings. The molecule has 7 nitrogen and oxygen atoms in total. The Bertz CT molecular complexity index is 1390. The summed E-state index contributed by atoms with van der Waals surface area (Å²) in [4.78, 5) is 21.3. The van der Waals surface area contributed by atoms with Crippen LogP contribution in [0.4, 0.5) is 0 Å². The SMILES string of the molecule is CC(C)(C)OC(=O)COC1CC(c2nc(-c3cccc(OCc4ccccc4)c3)c3c(Cl)nccn23)C1. The van der Waals surface area contributed by atoms with Crippen LogP contribution in [0.15, 0.2) is 67.0 Å². The van der Waals surface area contributed by atoms with Gasteiger partial charge in [0.15, 0.2) is 5.15 Å². The van der Waals surface area contributed by atoms with E-state index in [9.17, 15) is 4.79 Å². The van der Waals surface area contributed by atoms with Crippen LogP contribution in [-0.2, 0) is 20.9 Å². The molecule has 8 heteroatoms. The van der Waals surface area contributed by atoms with Crippen molar-refractivity contribution in [1.82, 2.24) is 14.4 Å². The van der Waals surface area contributed by atoms with Crippen LogP contribution in [0.1, 0.15) is 50.9 Å². The molecule has 1 saturated carbocycles. The lowest BCUT2D eigenvalue weighted by Crippen LogP contribution is -2.34. The Labute approximate surface area is 221 Å². The van der Waals surface area contributed by atoms with E-state index in [1.54, 1.807) is 6.20 Å². The average Bonchev–Trinajstić information content (AvgIpc) is 3.22. The highest BCUT2D eigenvalue weighted by Gasteiger charge is 2.35. The van der Waals surface area contributed by atoms with Crippen molar-refractivity contribution in [2.24, 2.45) is 0 Å². The molecule has 1 aliphatic carbocycles. The van der Waals surface area contributed by atoms with E-state index in [2.05, 4.69) is 4.98 Å². The fraction of sp³-hybridized carbons (Fsp3) is 0.345. The molecule has 1 aliphatic rings. The fourth-order valence-corrected chi connectivity index (χ4v) is 4.69. The van der Waals surface area contributed by atoms with Gasteiger partial charge in [0.05, 0.1) is 11.8 Å². The molecule has 0 spiro atoms.